The maximum absolute atomic E-state index is 5.44. The molecule has 0 aliphatic rings. The van der Waals surface area contributed by atoms with Crippen LogP contribution in [0.1, 0.15) is 31.4 Å². The molecule has 0 amide bonds. The Bertz CT molecular complexity index is 343. The SMILES string of the molecule is COCCOCCCCNC(C)c1ccc(SC)cc1. The van der Waals surface area contributed by atoms with Crippen LogP contribution in [0, 0.1) is 0 Å². The van der Waals surface area contributed by atoms with Gasteiger partial charge in [0.1, 0.15) is 0 Å². The Morgan fingerprint density at radius 3 is 2.50 bits per heavy atom. The van der Waals surface area contributed by atoms with E-state index in [0.717, 1.165) is 26.0 Å². The molecule has 20 heavy (non-hydrogen) atoms. The summed E-state index contributed by atoms with van der Waals surface area (Å²) in [5, 5.41) is 3.55. The number of methoxy groups -OCH3 is 1. The van der Waals surface area contributed by atoms with E-state index in [1.165, 1.54) is 10.5 Å². The number of hydrogen-bond acceptors (Lipinski definition) is 4. The van der Waals surface area contributed by atoms with Gasteiger partial charge in [0.05, 0.1) is 13.2 Å². The number of benzene rings is 1. The van der Waals surface area contributed by atoms with Crippen LogP contribution in [0.2, 0.25) is 0 Å². The molecule has 0 saturated carbocycles. The second kappa shape index (κ2) is 11.1. The molecule has 0 saturated heterocycles. The smallest absolute Gasteiger partial charge is 0.0700 e. The molecular formula is C16H27NO2S. The molecule has 0 heterocycles. The van der Waals surface area contributed by atoms with Gasteiger partial charge in [-0.25, -0.2) is 0 Å². The number of thioether (sulfide) groups is 1. The Hall–Kier alpha value is -0.550. The zero-order valence-corrected chi connectivity index (χ0v) is 13.7. The minimum atomic E-state index is 0.403. The van der Waals surface area contributed by atoms with Gasteiger partial charge in [0.2, 0.25) is 0 Å². The fraction of sp³-hybridized carbons (Fsp3) is 0.625. The van der Waals surface area contributed by atoms with Crippen molar-refractivity contribution in [2.45, 2.75) is 30.7 Å². The molecule has 4 heteroatoms. The van der Waals surface area contributed by atoms with E-state index in [9.17, 15) is 0 Å². The van der Waals surface area contributed by atoms with Crippen LogP contribution in [-0.4, -0.2) is 39.7 Å². The quantitative estimate of drug-likeness (QED) is 0.500. The zero-order valence-electron chi connectivity index (χ0n) is 12.9. The first-order valence-electron chi connectivity index (χ1n) is 7.22. The second-order valence-electron chi connectivity index (χ2n) is 4.76. The van der Waals surface area contributed by atoms with Gasteiger partial charge in [0.15, 0.2) is 0 Å². The lowest BCUT2D eigenvalue weighted by molar-refractivity contribution is 0.0687. The predicted molar refractivity (Wildman–Crippen MR) is 86.6 cm³/mol. The van der Waals surface area contributed by atoms with Gasteiger partial charge in [0, 0.05) is 24.7 Å². The average molecular weight is 297 g/mol. The first kappa shape index (κ1) is 17.5. The van der Waals surface area contributed by atoms with E-state index in [-0.39, 0.29) is 0 Å². The van der Waals surface area contributed by atoms with Gasteiger partial charge < -0.3 is 14.8 Å². The van der Waals surface area contributed by atoms with Crippen molar-refractivity contribution in [2.24, 2.45) is 0 Å². The summed E-state index contributed by atoms with van der Waals surface area (Å²) in [5.74, 6) is 0. The third-order valence-electron chi connectivity index (χ3n) is 3.21. The van der Waals surface area contributed by atoms with Crippen LogP contribution in [0.25, 0.3) is 0 Å². The molecule has 0 spiro atoms. The number of rotatable bonds is 11. The molecule has 0 aliphatic heterocycles. The summed E-state index contributed by atoms with van der Waals surface area (Å²) < 4.78 is 10.4. The van der Waals surface area contributed by atoms with Crippen LogP contribution >= 0.6 is 11.8 Å². The fourth-order valence-corrected chi connectivity index (χ4v) is 2.31. The van der Waals surface area contributed by atoms with E-state index in [2.05, 4.69) is 42.8 Å². The van der Waals surface area contributed by atoms with Crippen molar-refractivity contribution in [1.29, 1.82) is 0 Å². The average Bonchev–Trinajstić information content (AvgIpc) is 2.50. The maximum atomic E-state index is 5.44. The van der Waals surface area contributed by atoms with Crippen LogP contribution in [0.4, 0.5) is 0 Å². The molecule has 1 unspecified atom stereocenters. The summed E-state index contributed by atoms with van der Waals surface area (Å²) in [4.78, 5) is 1.31. The van der Waals surface area contributed by atoms with Crippen molar-refractivity contribution >= 4 is 11.8 Å². The van der Waals surface area contributed by atoms with Crippen LogP contribution in [0.3, 0.4) is 0 Å². The molecule has 0 radical (unpaired) electrons. The Labute approximate surface area is 127 Å². The van der Waals surface area contributed by atoms with Crippen molar-refractivity contribution < 1.29 is 9.47 Å². The first-order chi connectivity index (χ1) is 9.77. The zero-order chi connectivity index (χ0) is 14.6. The van der Waals surface area contributed by atoms with Crippen LogP contribution in [0.15, 0.2) is 29.2 Å². The summed E-state index contributed by atoms with van der Waals surface area (Å²) >= 11 is 1.78. The lowest BCUT2D eigenvalue weighted by Gasteiger charge is -2.14. The Kier molecular flexibility index (Phi) is 9.75. The fourth-order valence-electron chi connectivity index (χ4n) is 1.90. The molecule has 3 nitrogen and oxygen atoms in total. The van der Waals surface area contributed by atoms with Crippen LogP contribution < -0.4 is 5.32 Å². The van der Waals surface area contributed by atoms with Gasteiger partial charge in [-0.3, -0.25) is 0 Å². The standard InChI is InChI=1S/C16H27NO2S/c1-14(15-6-8-16(20-3)9-7-15)17-10-4-5-11-19-13-12-18-2/h6-9,14,17H,4-5,10-13H2,1-3H3. The lowest BCUT2D eigenvalue weighted by atomic mass is 10.1. The van der Waals surface area contributed by atoms with Gasteiger partial charge in [-0.1, -0.05) is 12.1 Å². The minimum Gasteiger partial charge on any atom is -0.382 e. The number of ether oxygens (including phenoxy) is 2. The highest BCUT2D eigenvalue weighted by Gasteiger charge is 2.03. The number of nitrogens with one attached hydrogen (secondary N) is 1. The molecule has 1 atom stereocenters. The molecule has 0 fully saturated rings. The monoisotopic (exact) mass is 297 g/mol. The molecule has 1 rings (SSSR count). The summed E-state index contributed by atoms with van der Waals surface area (Å²) in [6.45, 7) is 5.44. The third-order valence-corrected chi connectivity index (χ3v) is 3.96. The molecule has 1 N–H and O–H groups in total. The van der Waals surface area contributed by atoms with Crippen molar-refractivity contribution in [2.75, 3.05) is 39.7 Å². The number of hydrogen-bond donors (Lipinski definition) is 1. The molecule has 1 aromatic rings. The molecule has 0 bridgehead atoms. The van der Waals surface area contributed by atoms with E-state index < -0.39 is 0 Å². The largest absolute Gasteiger partial charge is 0.382 e. The minimum absolute atomic E-state index is 0.403. The number of unbranched alkanes of at least 4 members (excludes halogenated alkanes) is 1. The molecule has 0 aromatic heterocycles. The van der Waals surface area contributed by atoms with Crippen molar-refractivity contribution in [3.8, 4) is 0 Å². The predicted octanol–water partition coefficient (Wildman–Crippen LogP) is 3.50. The normalized spacial score (nSPS) is 12.6. The van der Waals surface area contributed by atoms with E-state index in [1.807, 2.05) is 0 Å². The highest BCUT2D eigenvalue weighted by molar-refractivity contribution is 7.98. The second-order valence-corrected chi connectivity index (χ2v) is 5.64. The van der Waals surface area contributed by atoms with Crippen molar-refractivity contribution in [3.05, 3.63) is 29.8 Å². The van der Waals surface area contributed by atoms with E-state index >= 15 is 0 Å². The topological polar surface area (TPSA) is 30.5 Å². The van der Waals surface area contributed by atoms with E-state index in [0.29, 0.717) is 19.3 Å². The van der Waals surface area contributed by atoms with Crippen molar-refractivity contribution in [3.63, 3.8) is 0 Å². The Morgan fingerprint density at radius 2 is 1.85 bits per heavy atom. The Morgan fingerprint density at radius 1 is 1.10 bits per heavy atom. The summed E-state index contributed by atoms with van der Waals surface area (Å²) in [7, 11) is 1.69. The van der Waals surface area contributed by atoms with Gasteiger partial charge in [-0.05, 0) is 50.3 Å². The molecule has 0 aliphatic carbocycles. The van der Waals surface area contributed by atoms with Crippen LogP contribution in [0.5, 0.6) is 0 Å². The Balaban J connectivity index is 2.08. The highest BCUT2D eigenvalue weighted by Crippen LogP contribution is 2.18. The first-order valence-corrected chi connectivity index (χ1v) is 8.44. The summed E-state index contributed by atoms with van der Waals surface area (Å²) in [5.41, 5.74) is 1.35. The van der Waals surface area contributed by atoms with E-state index in [1.54, 1.807) is 18.9 Å². The van der Waals surface area contributed by atoms with Gasteiger partial charge in [-0.15, -0.1) is 11.8 Å². The maximum Gasteiger partial charge on any atom is 0.0700 e. The van der Waals surface area contributed by atoms with Crippen LogP contribution in [-0.2, 0) is 9.47 Å². The van der Waals surface area contributed by atoms with Crippen molar-refractivity contribution in [1.82, 2.24) is 5.32 Å². The summed E-state index contributed by atoms with van der Waals surface area (Å²) in [6, 6.07) is 9.18. The molecular weight excluding hydrogens is 270 g/mol. The molecule has 1 aromatic carbocycles. The summed E-state index contributed by atoms with van der Waals surface area (Å²) in [6.07, 6.45) is 4.33. The molecule has 114 valence electrons. The van der Waals surface area contributed by atoms with Gasteiger partial charge in [0.25, 0.3) is 0 Å². The van der Waals surface area contributed by atoms with Gasteiger partial charge >= 0.3 is 0 Å². The highest BCUT2D eigenvalue weighted by atomic mass is 32.2. The van der Waals surface area contributed by atoms with Gasteiger partial charge in [-0.2, -0.15) is 0 Å². The third kappa shape index (κ3) is 7.29. The van der Waals surface area contributed by atoms with E-state index in [4.69, 9.17) is 9.47 Å². The lowest BCUT2D eigenvalue weighted by Crippen LogP contribution is -2.20.